The SMILES string of the molecule is CC(C)N1CCN(C2CCC(=O)C2)CC1. The number of hydrogen-bond donors (Lipinski definition) is 0. The molecule has 2 rings (SSSR count). The van der Waals surface area contributed by atoms with Gasteiger partial charge in [-0.2, -0.15) is 0 Å². The number of ketones is 1. The van der Waals surface area contributed by atoms with Crippen molar-refractivity contribution in [3.05, 3.63) is 0 Å². The lowest BCUT2D eigenvalue weighted by atomic mass is 10.1. The highest BCUT2D eigenvalue weighted by molar-refractivity contribution is 5.81. The number of carbonyl (C=O) groups excluding carboxylic acids is 1. The summed E-state index contributed by atoms with van der Waals surface area (Å²) in [6.45, 7) is 9.15. The summed E-state index contributed by atoms with van der Waals surface area (Å²) in [5.41, 5.74) is 0. The van der Waals surface area contributed by atoms with Crippen LogP contribution in [-0.4, -0.2) is 53.8 Å². The number of rotatable bonds is 2. The summed E-state index contributed by atoms with van der Waals surface area (Å²) in [6.07, 6.45) is 2.72. The van der Waals surface area contributed by atoms with Gasteiger partial charge in [-0.25, -0.2) is 0 Å². The molecule has 86 valence electrons. The van der Waals surface area contributed by atoms with Gasteiger partial charge in [0.2, 0.25) is 0 Å². The fraction of sp³-hybridized carbons (Fsp3) is 0.917. The van der Waals surface area contributed by atoms with Gasteiger partial charge in [0.1, 0.15) is 5.78 Å². The van der Waals surface area contributed by atoms with Gasteiger partial charge in [-0.15, -0.1) is 0 Å². The van der Waals surface area contributed by atoms with Crippen molar-refractivity contribution in [3.8, 4) is 0 Å². The molecule has 1 unspecified atom stereocenters. The molecule has 3 heteroatoms. The topological polar surface area (TPSA) is 23.6 Å². The maximum absolute atomic E-state index is 11.2. The Bertz CT molecular complexity index is 232. The van der Waals surface area contributed by atoms with Gasteiger partial charge in [0.15, 0.2) is 0 Å². The lowest BCUT2D eigenvalue weighted by Crippen LogP contribution is -2.51. The van der Waals surface area contributed by atoms with E-state index >= 15 is 0 Å². The fourth-order valence-electron chi connectivity index (χ4n) is 2.73. The lowest BCUT2D eigenvalue weighted by Gasteiger charge is -2.39. The molecule has 0 spiro atoms. The Balaban J connectivity index is 1.80. The zero-order valence-electron chi connectivity index (χ0n) is 9.91. The summed E-state index contributed by atoms with van der Waals surface area (Å²) in [5, 5.41) is 0. The molecule has 0 radical (unpaired) electrons. The van der Waals surface area contributed by atoms with Crippen LogP contribution >= 0.6 is 0 Å². The van der Waals surface area contributed by atoms with Crippen LogP contribution in [0.25, 0.3) is 0 Å². The summed E-state index contributed by atoms with van der Waals surface area (Å²) in [5.74, 6) is 0.464. The molecule has 1 saturated heterocycles. The van der Waals surface area contributed by atoms with E-state index in [2.05, 4.69) is 23.6 Å². The van der Waals surface area contributed by atoms with Gasteiger partial charge < -0.3 is 0 Å². The highest BCUT2D eigenvalue weighted by Crippen LogP contribution is 2.22. The second-order valence-electron chi connectivity index (χ2n) is 5.10. The summed E-state index contributed by atoms with van der Waals surface area (Å²) >= 11 is 0. The van der Waals surface area contributed by atoms with E-state index < -0.39 is 0 Å². The van der Waals surface area contributed by atoms with Gasteiger partial charge >= 0.3 is 0 Å². The second kappa shape index (κ2) is 4.62. The Labute approximate surface area is 92.4 Å². The number of hydrogen-bond acceptors (Lipinski definition) is 3. The Kier molecular flexibility index (Phi) is 3.42. The number of nitrogens with zero attached hydrogens (tertiary/aromatic N) is 2. The molecule has 2 aliphatic rings. The molecule has 0 bridgehead atoms. The maximum Gasteiger partial charge on any atom is 0.134 e. The average molecular weight is 210 g/mol. The van der Waals surface area contributed by atoms with Gasteiger partial charge in [0, 0.05) is 51.1 Å². The number of carbonyl (C=O) groups is 1. The molecular formula is C12H22N2O. The third-order valence-electron chi connectivity index (χ3n) is 3.82. The quantitative estimate of drug-likeness (QED) is 0.683. The first-order valence-electron chi connectivity index (χ1n) is 6.16. The van der Waals surface area contributed by atoms with Crippen LogP contribution in [0.4, 0.5) is 0 Å². The van der Waals surface area contributed by atoms with Crippen molar-refractivity contribution in [2.45, 2.75) is 45.2 Å². The molecule has 1 aliphatic heterocycles. The summed E-state index contributed by atoms with van der Waals surface area (Å²) in [6, 6.07) is 1.23. The first-order valence-corrected chi connectivity index (χ1v) is 6.16. The van der Waals surface area contributed by atoms with Gasteiger partial charge in [0.05, 0.1) is 0 Å². The molecular weight excluding hydrogens is 188 g/mol. The predicted octanol–water partition coefficient (Wildman–Crippen LogP) is 1.13. The highest BCUT2D eigenvalue weighted by Gasteiger charge is 2.30. The summed E-state index contributed by atoms with van der Waals surface area (Å²) < 4.78 is 0. The third kappa shape index (κ3) is 2.58. The Hall–Kier alpha value is -0.410. The van der Waals surface area contributed by atoms with Crippen LogP contribution in [0.1, 0.15) is 33.1 Å². The van der Waals surface area contributed by atoms with Crippen molar-refractivity contribution in [2.24, 2.45) is 0 Å². The van der Waals surface area contributed by atoms with E-state index in [1.165, 1.54) is 13.1 Å². The first-order chi connectivity index (χ1) is 7.16. The standard InChI is InChI=1S/C12H22N2O/c1-10(2)13-5-7-14(8-6-13)11-3-4-12(15)9-11/h10-11H,3-9H2,1-2H3. The van der Waals surface area contributed by atoms with E-state index in [-0.39, 0.29) is 0 Å². The predicted molar refractivity (Wildman–Crippen MR) is 60.9 cm³/mol. The van der Waals surface area contributed by atoms with Crippen molar-refractivity contribution in [1.29, 1.82) is 0 Å². The zero-order chi connectivity index (χ0) is 10.8. The van der Waals surface area contributed by atoms with Crippen LogP contribution in [0.2, 0.25) is 0 Å². The van der Waals surface area contributed by atoms with Crippen molar-refractivity contribution in [2.75, 3.05) is 26.2 Å². The molecule has 0 aromatic carbocycles. The molecule has 15 heavy (non-hydrogen) atoms. The molecule has 1 atom stereocenters. The monoisotopic (exact) mass is 210 g/mol. The van der Waals surface area contributed by atoms with Crippen LogP contribution < -0.4 is 0 Å². The van der Waals surface area contributed by atoms with Crippen LogP contribution in [0.15, 0.2) is 0 Å². The van der Waals surface area contributed by atoms with Crippen LogP contribution in [0.3, 0.4) is 0 Å². The minimum Gasteiger partial charge on any atom is -0.300 e. The highest BCUT2D eigenvalue weighted by atomic mass is 16.1. The number of Topliss-reactive ketones (excluding diaryl/α,β-unsaturated/α-hetero) is 1. The molecule has 2 fully saturated rings. The van der Waals surface area contributed by atoms with Gasteiger partial charge in [-0.05, 0) is 20.3 Å². The van der Waals surface area contributed by atoms with Gasteiger partial charge in [-0.3, -0.25) is 14.6 Å². The molecule has 1 heterocycles. The molecule has 0 aromatic rings. The minimum absolute atomic E-state index is 0.464. The summed E-state index contributed by atoms with van der Waals surface area (Å²) in [4.78, 5) is 16.3. The van der Waals surface area contributed by atoms with E-state index in [1.54, 1.807) is 0 Å². The van der Waals surface area contributed by atoms with E-state index in [1.807, 2.05) is 0 Å². The van der Waals surface area contributed by atoms with Crippen molar-refractivity contribution >= 4 is 5.78 Å². The van der Waals surface area contributed by atoms with E-state index in [9.17, 15) is 4.79 Å². The minimum atomic E-state index is 0.464. The van der Waals surface area contributed by atoms with E-state index in [0.29, 0.717) is 17.9 Å². The van der Waals surface area contributed by atoms with Crippen LogP contribution in [-0.2, 0) is 4.79 Å². The second-order valence-corrected chi connectivity index (χ2v) is 5.10. The van der Waals surface area contributed by atoms with E-state index in [0.717, 1.165) is 32.4 Å². The van der Waals surface area contributed by atoms with Gasteiger partial charge in [0.25, 0.3) is 0 Å². The summed E-state index contributed by atoms with van der Waals surface area (Å²) in [7, 11) is 0. The number of piperazine rings is 1. The van der Waals surface area contributed by atoms with Crippen molar-refractivity contribution < 1.29 is 4.79 Å². The molecule has 3 nitrogen and oxygen atoms in total. The normalized spacial score (nSPS) is 30.3. The van der Waals surface area contributed by atoms with Crippen molar-refractivity contribution in [3.63, 3.8) is 0 Å². The fourth-order valence-corrected chi connectivity index (χ4v) is 2.73. The molecule has 0 aromatic heterocycles. The zero-order valence-corrected chi connectivity index (χ0v) is 9.91. The van der Waals surface area contributed by atoms with Crippen LogP contribution in [0, 0.1) is 0 Å². The van der Waals surface area contributed by atoms with Crippen molar-refractivity contribution in [1.82, 2.24) is 9.80 Å². The van der Waals surface area contributed by atoms with E-state index in [4.69, 9.17) is 0 Å². The Morgan fingerprint density at radius 3 is 2.33 bits per heavy atom. The average Bonchev–Trinajstić information content (AvgIpc) is 2.65. The molecule has 1 saturated carbocycles. The lowest BCUT2D eigenvalue weighted by molar-refractivity contribution is -0.117. The van der Waals surface area contributed by atoms with Crippen LogP contribution in [0.5, 0.6) is 0 Å². The molecule has 1 aliphatic carbocycles. The molecule has 0 amide bonds. The maximum atomic E-state index is 11.2. The first kappa shape index (κ1) is 11.1. The molecule has 0 N–H and O–H groups in total. The third-order valence-corrected chi connectivity index (χ3v) is 3.82. The Morgan fingerprint density at radius 1 is 1.20 bits per heavy atom. The Morgan fingerprint density at radius 2 is 1.87 bits per heavy atom. The largest absolute Gasteiger partial charge is 0.300 e. The smallest absolute Gasteiger partial charge is 0.134 e. The van der Waals surface area contributed by atoms with Gasteiger partial charge in [-0.1, -0.05) is 0 Å².